The van der Waals surface area contributed by atoms with Gasteiger partial charge >= 0.3 is 0 Å². The number of aliphatic imine (C=N–C) groups is 1. The van der Waals surface area contributed by atoms with Gasteiger partial charge in [-0.1, -0.05) is 30.3 Å². The molecule has 0 aromatic heterocycles. The second-order valence-corrected chi connectivity index (χ2v) is 7.89. The highest BCUT2D eigenvalue weighted by atomic mass is 32.2. The zero-order valence-corrected chi connectivity index (χ0v) is 17.9. The third-order valence-electron chi connectivity index (χ3n) is 4.96. The summed E-state index contributed by atoms with van der Waals surface area (Å²) in [5.74, 6) is 0.764. The number of carbonyl (C=O) groups is 1. The van der Waals surface area contributed by atoms with Gasteiger partial charge in [-0.15, -0.1) is 0 Å². The minimum absolute atomic E-state index is 0.270. The van der Waals surface area contributed by atoms with E-state index in [1.807, 2.05) is 61.5 Å². The van der Waals surface area contributed by atoms with Gasteiger partial charge in [0.15, 0.2) is 5.17 Å². The molecular weight excluding hydrogens is 410 g/mol. The third-order valence-corrected chi connectivity index (χ3v) is 5.94. The number of nitrogens with two attached hydrogens (primary N) is 1. The van der Waals surface area contributed by atoms with E-state index in [2.05, 4.69) is 16.4 Å². The Balaban J connectivity index is 1.79. The Morgan fingerprint density at radius 1 is 1.26 bits per heavy atom. The SMILES string of the molecule is CCOc1ccc([C@@H]2C(C(=O)Nc3ccccc3)=C(C)N=C3SC(C#N)=C(N)N32)cc1. The van der Waals surface area contributed by atoms with Crippen molar-refractivity contribution in [2.24, 2.45) is 10.7 Å². The maximum atomic E-state index is 13.4. The average molecular weight is 432 g/mol. The molecule has 2 heterocycles. The van der Waals surface area contributed by atoms with Crippen LogP contribution < -0.4 is 15.8 Å². The zero-order valence-electron chi connectivity index (χ0n) is 17.1. The van der Waals surface area contributed by atoms with Crippen LogP contribution in [0.4, 0.5) is 5.69 Å². The summed E-state index contributed by atoms with van der Waals surface area (Å²) in [5, 5.41) is 13.0. The van der Waals surface area contributed by atoms with Crippen LogP contribution in [0.5, 0.6) is 5.75 Å². The molecule has 0 radical (unpaired) electrons. The molecule has 0 saturated carbocycles. The largest absolute Gasteiger partial charge is 0.494 e. The molecule has 1 atom stereocenters. The molecule has 2 aromatic carbocycles. The maximum Gasteiger partial charge on any atom is 0.255 e. The first-order valence-corrected chi connectivity index (χ1v) is 10.6. The molecule has 0 fully saturated rings. The summed E-state index contributed by atoms with van der Waals surface area (Å²) in [7, 11) is 0. The molecule has 2 aromatic rings. The Hall–Kier alpha value is -3.70. The van der Waals surface area contributed by atoms with Crippen molar-refractivity contribution in [1.29, 1.82) is 5.26 Å². The number of rotatable bonds is 5. The van der Waals surface area contributed by atoms with Gasteiger partial charge in [0.05, 0.1) is 23.9 Å². The van der Waals surface area contributed by atoms with E-state index in [4.69, 9.17) is 10.5 Å². The summed E-state index contributed by atoms with van der Waals surface area (Å²) in [6.45, 7) is 4.28. The normalized spacial score (nSPS) is 17.8. The van der Waals surface area contributed by atoms with Crippen molar-refractivity contribution >= 4 is 28.5 Å². The van der Waals surface area contributed by atoms with E-state index in [1.165, 1.54) is 11.8 Å². The molecule has 2 aliphatic rings. The van der Waals surface area contributed by atoms with E-state index in [-0.39, 0.29) is 5.91 Å². The van der Waals surface area contributed by atoms with Gasteiger partial charge in [0.25, 0.3) is 5.91 Å². The van der Waals surface area contributed by atoms with E-state index >= 15 is 0 Å². The van der Waals surface area contributed by atoms with Crippen molar-refractivity contribution in [3.8, 4) is 11.8 Å². The van der Waals surface area contributed by atoms with Crippen LogP contribution in [0.3, 0.4) is 0 Å². The fraction of sp³-hybridized carbons (Fsp3) is 0.174. The number of thioether (sulfide) groups is 1. The van der Waals surface area contributed by atoms with Crippen LogP contribution in [-0.4, -0.2) is 22.6 Å². The number of amides is 1. The highest BCUT2D eigenvalue weighted by Gasteiger charge is 2.42. The van der Waals surface area contributed by atoms with Gasteiger partial charge < -0.3 is 15.8 Å². The van der Waals surface area contributed by atoms with E-state index < -0.39 is 6.04 Å². The Labute approximate surface area is 184 Å². The van der Waals surface area contributed by atoms with Crippen LogP contribution in [0.15, 0.2) is 81.6 Å². The van der Waals surface area contributed by atoms with Gasteiger partial charge in [-0.25, -0.2) is 4.99 Å². The van der Waals surface area contributed by atoms with Crippen LogP contribution in [0, 0.1) is 11.3 Å². The molecule has 0 unspecified atom stereocenters. The Morgan fingerprint density at radius 2 is 1.97 bits per heavy atom. The van der Waals surface area contributed by atoms with Crippen LogP contribution in [0.2, 0.25) is 0 Å². The van der Waals surface area contributed by atoms with Crippen LogP contribution in [0.1, 0.15) is 25.5 Å². The number of nitrogens with one attached hydrogen (secondary N) is 1. The molecular formula is C23H21N5O2S. The second-order valence-electron chi connectivity index (χ2n) is 6.92. The van der Waals surface area contributed by atoms with Crippen molar-refractivity contribution < 1.29 is 9.53 Å². The molecule has 1 amide bonds. The van der Waals surface area contributed by atoms with Crippen LogP contribution >= 0.6 is 11.8 Å². The zero-order chi connectivity index (χ0) is 22.0. The first-order valence-electron chi connectivity index (χ1n) is 9.79. The number of benzene rings is 2. The first kappa shape index (κ1) is 20.6. The molecule has 0 bridgehead atoms. The number of fused-ring (bicyclic) bond motifs is 1. The number of ether oxygens (including phenoxy) is 1. The number of para-hydroxylation sites is 1. The first-order chi connectivity index (χ1) is 15.0. The van der Waals surface area contributed by atoms with Crippen LogP contribution in [0.25, 0.3) is 0 Å². The summed E-state index contributed by atoms with van der Waals surface area (Å²) >= 11 is 1.21. The number of hydrogen-bond donors (Lipinski definition) is 2. The van der Waals surface area contributed by atoms with Gasteiger partial charge in [-0.2, -0.15) is 5.26 Å². The Bertz CT molecular complexity index is 1150. The van der Waals surface area contributed by atoms with Crippen molar-refractivity contribution in [1.82, 2.24) is 4.90 Å². The highest BCUT2D eigenvalue weighted by Crippen LogP contribution is 2.45. The molecule has 8 heteroatoms. The maximum absolute atomic E-state index is 13.4. The number of amidine groups is 1. The highest BCUT2D eigenvalue weighted by molar-refractivity contribution is 8.17. The number of nitrogens with zero attached hydrogens (tertiary/aromatic N) is 3. The standard InChI is InChI=1S/C23H21N5O2S/c1-3-30-17-11-9-15(10-12-17)20-19(22(29)27-16-7-5-4-6-8-16)14(2)26-23-28(20)21(25)18(13-24)31-23/h4-12,20H,3,25H2,1-2H3,(H,27,29)/t20-/m1/s1. The van der Waals surface area contributed by atoms with Gasteiger partial charge in [-0.05, 0) is 55.4 Å². The van der Waals surface area contributed by atoms with Gasteiger partial charge in [0.2, 0.25) is 0 Å². The predicted molar refractivity (Wildman–Crippen MR) is 122 cm³/mol. The van der Waals surface area contributed by atoms with Crippen molar-refractivity contribution in [3.05, 3.63) is 82.2 Å². The van der Waals surface area contributed by atoms with Crippen molar-refractivity contribution in [2.45, 2.75) is 19.9 Å². The molecule has 7 nitrogen and oxygen atoms in total. The lowest BCUT2D eigenvalue weighted by atomic mass is 9.93. The lowest BCUT2D eigenvalue weighted by Crippen LogP contribution is -2.39. The minimum Gasteiger partial charge on any atom is -0.494 e. The topological polar surface area (TPSA) is 104 Å². The molecule has 2 aliphatic heterocycles. The smallest absolute Gasteiger partial charge is 0.255 e. The lowest BCUT2D eigenvalue weighted by molar-refractivity contribution is -0.113. The summed E-state index contributed by atoms with van der Waals surface area (Å²) in [6.07, 6.45) is 0. The number of nitriles is 1. The van der Waals surface area contributed by atoms with E-state index in [0.717, 1.165) is 11.3 Å². The molecule has 3 N–H and O–H groups in total. The molecule has 31 heavy (non-hydrogen) atoms. The average Bonchev–Trinajstić information content (AvgIpc) is 3.09. The summed E-state index contributed by atoms with van der Waals surface area (Å²) in [6, 6.07) is 18.4. The fourth-order valence-corrected chi connectivity index (χ4v) is 4.50. The number of hydrogen-bond acceptors (Lipinski definition) is 7. The van der Waals surface area contributed by atoms with Crippen molar-refractivity contribution in [2.75, 3.05) is 11.9 Å². The van der Waals surface area contributed by atoms with Crippen LogP contribution in [-0.2, 0) is 4.79 Å². The van der Waals surface area contributed by atoms with Crippen molar-refractivity contribution in [3.63, 3.8) is 0 Å². The summed E-state index contributed by atoms with van der Waals surface area (Å²) in [4.78, 5) is 20.1. The van der Waals surface area contributed by atoms with E-state index in [0.29, 0.717) is 39.5 Å². The Morgan fingerprint density at radius 3 is 2.61 bits per heavy atom. The van der Waals surface area contributed by atoms with Gasteiger partial charge in [0.1, 0.15) is 22.5 Å². The third kappa shape index (κ3) is 3.88. The van der Waals surface area contributed by atoms with Gasteiger partial charge in [0, 0.05) is 5.69 Å². The van der Waals surface area contributed by atoms with E-state index in [9.17, 15) is 10.1 Å². The number of carbonyl (C=O) groups excluding carboxylic acids is 1. The Kier molecular flexibility index (Phi) is 5.69. The monoisotopic (exact) mass is 431 g/mol. The molecule has 156 valence electrons. The predicted octanol–water partition coefficient (Wildman–Crippen LogP) is 4.11. The number of allylic oxidation sites excluding steroid dienone is 2. The molecule has 0 saturated heterocycles. The summed E-state index contributed by atoms with van der Waals surface area (Å²) < 4.78 is 5.56. The lowest BCUT2D eigenvalue weighted by Gasteiger charge is -2.35. The molecule has 0 aliphatic carbocycles. The minimum atomic E-state index is -0.523. The molecule has 4 rings (SSSR count). The van der Waals surface area contributed by atoms with Gasteiger partial charge in [-0.3, -0.25) is 9.69 Å². The summed E-state index contributed by atoms with van der Waals surface area (Å²) in [5.41, 5.74) is 8.89. The van der Waals surface area contributed by atoms with E-state index in [1.54, 1.807) is 11.8 Å². The number of anilines is 1. The fourth-order valence-electron chi connectivity index (χ4n) is 3.58. The molecule has 0 spiro atoms. The quantitative estimate of drug-likeness (QED) is 0.738. The second kappa shape index (κ2) is 8.58.